The predicted molar refractivity (Wildman–Crippen MR) is 120 cm³/mol. The molecule has 0 saturated carbocycles. The molecule has 3 rings (SSSR count). The fourth-order valence-electron chi connectivity index (χ4n) is 4.43. The second-order valence-corrected chi connectivity index (χ2v) is 8.92. The minimum absolute atomic E-state index is 0.147. The zero-order chi connectivity index (χ0) is 22.4. The topological polar surface area (TPSA) is 75.4 Å². The van der Waals surface area contributed by atoms with E-state index in [1.165, 1.54) is 11.8 Å². The Bertz CT molecular complexity index is 890. The molecule has 2 amide bonds. The summed E-state index contributed by atoms with van der Waals surface area (Å²) in [7, 11) is 1.85. The Labute approximate surface area is 184 Å². The molecule has 0 fully saturated rings. The Balaban J connectivity index is 1.61. The van der Waals surface area contributed by atoms with Crippen molar-refractivity contribution >= 4 is 11.8 Å². The van der Waals surface area contributed by atoms with Gasteiger partial charge in [0.1, 0.15) is 0 Å². The first-order valence-electron chi connectivity index (χ1n) is 11.0. The van der Waals surface area contributed by atoms with Crippen LogP contribution in [0.15, 0.2) is 59.0 Å². The van der Waals surface area contributed by atoms with Crippen molar-refractivity contribution in [2.75, 3.05) is 13.6 Å². The van der Waals surface area contributed by atoms with Gasteiger partial charge in [-0.3, -0.25) is 14.6 Å². The maximum Gasteiger partial charge on any atom is 0.286 e. The summed E-state index contributed by atoms with van der Waals surface area (Å²) in [6.07, 6.45) is 8.76. The zero-order valence-electron chi connectivity index (χ0n) is 18.9. The number of nitrogens with one attached hydrogen (secondary N) is 1. The standard InChI is InChI=1S/C25H33N3O3/c1-17(2)22-12-20(13-24(29)28(4)16-19-7-5-9-26-14-19)18(3)11-21(22)15-27-25(30)23-8-6-10-31-23/h5-11,14,17,20-22H,12-13,15-16H2,1-4H3,(H,27,30). The number of carbonyl (C=O) groups excluding carboxylic acids is 2. The van der Waals surface area contributed by atoms with Gasteiger partial charge in [-0.05, 0) is 60.8 Å². The van der Waals surface area contributed by atoms with Crippen LogP contribution in [0.2, 0.25) is 0 Å². The van der Waals surface area contributed by atoms with Crippen LogP contribution in [-0.4, -0.2) is 35.3 Å². The molecule has 0 aromatic carbocycles. The molecule has 0 bridgehead atoms. The van der Waals surface area contributed by atoms with E-state index in [4.69, 9.17) is 4.42 Å². The first-order chi connectivity index (χ1) is 14.8. The maximum atomic E-state index is 12.9. The van der Waals surface area contributed by atoms with Crippen molar-refractivity contribution in [3.05, 3.63) is 65.9 Å². The predicted octanol–water partition coefficient (Wildman–Crippen LogP) is 4.31. The summed E-state index contributed by atoms with van der Waals surface area (Å²) >= 11 is 0. The van der Waals surface area contributed by atoms with Crippen molar-refractivity contribution < 1.29 is 14.0 Å². The summed E-state index contributed by atoms with van der Waals surface area (Å²) in [5, 5.41) is 3.00. The SMILES string of the molecule is CC1=CC(CNC(=O)c2ccco2)C(C(C)C)CC1CC(=O)N(C)Cc1cccnc1. The molecular formula is C25H33N3O3. The van der Waals surface area contributed by atoms with E-state index in [0.29, 0.717) is 37.1 Å². The number of aromatic nitrogens is 1. The Morgan fingerprint density at radius 1 is 1.29 bits per heavy atom. The molecule has 1 aliphatic rings. The third-order valence-electron chi connectivity index (χ3n) is 6.32. The Kier molecular flexibility index (Phi) is 7.66. The van der Waals surface area contributed by atoms with Crippen LogP contribution >= 0.6 is 0 Å². The summed E-state index contributed by atoms with van der Waals surface area (Å²) < 4.78 is 5.18. The first kappa shape index (κ1) is 22.8. The van der Waals surface area contributed by atoms with Gasteiger partial charge in [-0.25, -0.2) is 0 Å². The van der Waals surface area contributed by atoms with E-state index in [2.05, 4.69) is 37.1 Å². The average molecular weight is 424 g/mol. The first-order valence-corrected chi connectivity index (χ1v) is 11.0. The highest BCUT2D eigenvalue weighted by atomic mass is 16.3. The van der Waals surface area contributed by atoms with E-state index < -0.39 is 0 Å². The van der Waals surface area contributed by atoms with Crippen molar-refractivity contribution in [3.8, 4) is 0 Å². The largest absolute Gasteiger partial charge is 0.459 e. The number of furan rings is 1. The summed E-state index contributed by atoms with van der Waals surface area (Å²) in [5.74, 6) is 1.63. The molecule has 1 aliphatic carbocycles. The van der Waals surface area contributed by atoms with Gasteiger partial charge in [0, 0.05) is 39.0 Å². The van der Waals surface area contributed by atoms with Gasteiger partial charge in [-0.2, -0.15) is 0 Å². The van der Waals surface area contributed by atoms with Crippen molar-refractivity contribution in [2.45, 2.75) is 40.2 Å². The average Bonchev–Trinajstić information content (AvgIpc) is 3.29. The number of carbonyl (C=O) groups is 2. The third-order valence-corrected chi connectivity index (χ3v) is 6.32. The molecular weight excluding hydrogens is 390 g/mol. The Morgan fingerprint density at radius 2 is 2.10 bits per heavy atom. The van der Waals surface area contributed by atoms with Gasteiger partial charge < -0.3 is 14.6 Å². The number of rotatable bonds is 8. The smallest absolute Gasteiger partial charge is 0.286 e. The Hall–Kier alpha value is -2.89. The van der Waals surface area contributed by atoms with Crippen LogP contribution in [0.1, 0.15) is 49.7 Å². The molecule has 0 saturated heterocycles. The van der Waals surface area contributed by atoms with Crippen LogP contribution in [0.3, 0.4) is 0 Å². The lowest BCUT2D eigenvalue weighted by Crippen LogP contribution is -2.37. The number of hydrogen-bond donors (Lipinski definition) is 1. The minimum atomic E-state index is -0.187. The number of hydrogen-bond acceptors (Lipinski definition) is 4. The van der Waals surface area contributed by atoms with Crippen LogP contribution < -0.4 is 5.32 Å². The van der Waals surface area contributed by atoms with E-state index in [1.807, 2.05) is 19.2 Å². The van der Waals surface area contributed by atoms with Gasteiger partial charge >= 0.3 is 0 Å². The molecule has 6 nitrogen and oxygen atoms in total. The van der Waals surface area contributed by atoms with Crippen molar-refractivity contribution in [1.29, 1.82) is 0 Å². The quantitative estimate of drug-likeness (QED) is 0.642. The molecule has 3 unspecified atom stereocenters. The van der Waals surface area contributed by atoms with Crippen molar-refractivity contribution in [2.24, 2.45) is 23.7 Å². The summed E-state index contributed by atoms with van der Waals surface area (Å²) in [6.45, 7) is 7.68. The maximum absolute atomic E-state index is 12.9. The van der Waals surface area contributed by atoms with Gasteiger partial charge in [0.05, 0.1) is 6.26 Å². The summed E-state index contributed by atoms with van der Waals surface area (Å²) in [5.41, 5.74) is 2.26. The lowest BCUT2D eigenvalue weighted by Gasteiger charge is -2.37. The molecule has 0 spiro atoms. The highest BCUT2D eigenvalue weighted by Crippen LogP contribution is 2.39. The van der Waals surface area contributed by atoms with E-state index in [-0.39, 0.29) is 23.7 Å². The van der Waals surface area contributed by atoms with E-state index in [9.17, 15) is 9.59 Å². The monoisotopic (exact) mass is 423 g/mol. The van der Waals surface area contributed by atoms with Crippen molar-refractivity contribution in [3.63, 3.8) is 0 Å². The highest BCUT2D eigenvalue weighted by molar-refractivity contribution is 5.91. The normalized spacial score (nSPS) is 20.9. The fraction of sp³-hybridized carbons (Fsp3) is 0.480. The molecule has 6 heteroatoms. The zero-order valence-corrected chi connectivity index (χ0v) is 18.9. The van der Waals surface area contributed by atoms with Crippen LogP contribution in [0.5, 0.6) is 0 Å². The Morgan fingerprint density at radius 3 is 2.74 bits per heavy atom. The van der Waals surface area contributed by atoms with Crippen LogP contribution in [0, 0.1) is 23.7 Å². The molecule has 2 heterocycles. The summed E-state index contributed by atoms with van der Waals surface area (Å²) in [6, 6.07) is 7.25. The van der Waals surface area contributed by atoms with E-state index in [1.54, 1.807) is 29.4 Å². The second-order valence-electron chi connectivity index (χ2n) is 8.92. The lowest BCUT2D eigenvalue weighted by molar-refractivity contribution is -0.131. The molecule has 0 aliphatic heterocycles. The second kappa shape index (κ2) is 10.4. The molecule has 3 atom stereocenters. The summed E-state index contributed by atoms with van der Waals surface area (Å²) in [4.78, 5) is 31.0. The third kappa shape index (κ3) is 6.06. The van der Waals surface area contributed by atoms with E-state index in [0.717, 1.165) is 12.0 Å². The van der Waals surface area contributed by atoms with Crippen LogP contribution in [-0.2, 0) is 11.3 Å². The number of allylic oxidation sites excluding steroid dienone is 1. The lowest BCUT2D eigenvalue weighted by atomic mass is 9.69. The minimum Gasteiger partial charge on any atom is -0.459 e. The number of pyridine rings is 1. The fourth-order valence-corrected chi connectivity index (χ4v) is 4.43. The van der Waals surface area contributed by atoms with Gasteiger partial charge in [-0.15, -0.1) is 0 Å². The van der Waals surface area contributed by atoms with Gasteiger partial charge in [-0.1, -0.05) is 31.6 Å². The van der Waals surface area contributed by atoms with E-state index >= 15 is 0 Å². The van der Waals surface area contributed by atoms with Crippen LogP contribution in [0.4, 0.5) is 0 Å². The number of amides is 2. The number of nitrogens with zero attached hydrogens (tertiary/aromatic N) is 2. The molecule has 166 valence electrons. The van der Waals surface area contributed by atoms with Gasteiger partial charge in [0.2, 0.25) is 5.91 Å². The van der Waals surface area contributed by atoms with Gasteiger partial charge in [0.25, 0.3) is 5.91 Å². The van der Waals surface area contributed by atoms with Crippen LogP contribution in [0.25, 0.3) is 0 Å². The molecule has 31 heavy (non-hydrogen) atoms. The molecule has 0 radical (unpaired) electrons. The molecule has 1 N–H and O–H groups in total. The highest BCUT2D eigenvalue weighted by Gasteiger charge is 2.33. The van der Waals surface area contributed by atoms with Crippen molar-refractivity contribution in [1.82, 2.24) is 15.2 Å². The molecule has 2 aromatic heterocycles. The molecule has 2 aromatic rings. The van der Waals surface area contributed by atoms with Gasteiger partial charge in [0.15, 0.2) is 5.76 Å².